The Morgan fingerprint density at radius 2 is 1.75 bits per heavy atom. The molecule has 1 N–H and O–H groups in total. The molecule has 0 aliphatic heterocycles. The molecular formula is C14H10ClN3O5S. The minimum absolute atomic E-state index is 0.0756. The summed E-state index contributed by atoms with van der Waals surface area (Å²) in [6, 6.07) is 7.89. The Balaban J connectivity index is 2.38. The van der Waals surface area contributed by atoms with E-state index in [0.29, 0.717) is 4.90 Å². The van der Waals surface area contributed by atoms with Gasteiger partial charge in [-0.15, -0.1) is 11.8 Å². The van der Waals surface area contributed by atoms with Crippen LogP contribution in [0.5, 0.6) is 0 Å². The predicted molar refractivity (Wildman–Crippen MR) is 90.9 cm³/mol. The van der Waals surface area contributed by atoms with Crippen molar-refractivity contribution in [1.82, 2.24) is 0 Å². The summed E-state index contributed by atoms with van der Waals surface area (Å²) in [5.74, 6) is -0.741. The number of hydrogen-bond acceptors (Lipinski definition) is 6. The summed E-state index contributed by atoms with van der Waals surface area (Å²) in [5, 5.41) is 24.3. The van der Waals surface area contributed by atoms with Gasteiger partial charge in [-0.1, -0.05) is 11.6 Å². The van der Waals surface area contributed by atoms with Crippen LogP contribution in [-0.4, -0.2) is 22.0 Å². The molecule has 0 saturated carbocycles. The summed E-state index contributed by atoms with van der Waals surface area (Å²) < 4.78 is 0. The van der Waals surface area contributed by atoms with E-state index in [1.807, 2.05) is 0 Å². The number of carbonyl (C=O) groups excluding carboxylic acids is 1. The summed E-state index contributed by atoms with van der Waals surface area (Å²) in [7, 11) is 0. The van der Waals surface area contributed by atoms with Crippen molar-refractivity contribution >= 4 is 46.3 Å². The van der Waals surface area contributed by atoms with Crippen molar-refractivity contribution in [2.75, 3.05) is 11.6 Å². The molecule has 0 spiro atoms. The second kappa shape index (κ2) is 7.28. The Hall–Kier alpha value is -2.65. The lowest BCUT2D eigenvalue weighted by Crippen LogP contribution is -2.14. The maximum absolute atomic E-state index is 12.3. The molecule has 0 fully saturated rings. The normalized spacial score (nSPS) is 10.2. The van der Waals surface area contributed by atoms with Crippen LogP contribution >= 0.6 is 23.4 Å². The first-order valence-corrected chi connectivity index (χ1v) is 8.01. The Bertz CT molecular complexity index is 843. The molecule has 1 amide bonds. The number of nitro benzene ring substituents is 2. The molecule has 0 aromatic heterocycles. The lowest BCUT2D eigenvalue weighted by atomic mass is 10.1. The van der Waals surface area contributed by atoms with Gasteiger partial charge in [0.05, 0.1) is 9.85 Å². The SMILES string of the molecule is CSc1ccc([N+](=O)[O-])c(C(=O)Nc2ccc(Cl)c([N+](=O)[O-])c2)c1. The fourth-order valence-electron chi connectivity index (χ4n) is 1.91. The van der Waals surface area contributed by atoms with Crippen LogP contribution in [0.25, 0.3) is 0 Å². The largest absolute Gasteiger partial charge is 0.322 e. The van der Waals surface area contributed by atoms with Gasteiger partial charge in [-0.25, -0.2) is 0 Å². The number of hydrogen-bond donors (Lipinski definition) is 1. The number of nitro groups is 2. The number of thioether (sulfide) groups is 1. The van der Waals surface area contributed by atoms with Crippen LogP contribution in [0.1, 0.15) is 10.4 Å². The zero-order chi connectivity index (χ0) is 17.9. The molecule has 124 valence electrons. The highest BCUT2D eigenvalue weighted by Crippen LogP contribution is 2.29. The molecule has 0 atom stereocenters. The summed E-state index contributed by atoms with van der Waals surface area (Å²) in [5.41, 5.74) is -0.750. The monoisotopic (exact) mass is 367 g/mol. The fourth-order valence-corrected chi connectivity index (χ4v) is 2.54. The Labute approximate surface area is 145 Å². The third kappa shape index (κ3) is 3.81. The fraction of sp³-hybridized carbons (Fsp3) is 0.0714. The van der Waals surface area contributed by atoms with Crippen LogP contribution in [0.4, 0.5) is 17.1 Å². The van der Waals surface area contributed by atoms with E-state index in [1.54, 1.807) is 6.26 Å². The van der Waals surface area contributed by atoms with Gasteiger partial charge in [0, 0.05) is 22.7 Å². The number of halogens is 1. The van der Waals surface area contributed by atoms with Gasteiger partial charge >= 0.3 is 0 Å². The first-order valence-electron chi connectivity index (χ1n) is 6.41. The number of benzene rings is 2. The van der Waals surface area contributed by atoms with Gasteiger partial charge in [0.1, 0.15) is 10.6 Å². The summed E-state index contributed by atoms with van der Waals surface area (Å²) >= 11 is 7.03. The van der Waals surface area contributed by atoms with Gasteiger partial charge < -0.3 is 5.32 Å². The molecule has 24 heavy (non-hydrogen) atoms. The zero-order valence-electron chi connectivity index (χ0n) is 12.2. The van der Waals surface area contributed by atoms with Gasteiger partial charge in [0.2, 0.25) is 0 Å². The molecule has 0 radical (unpaired) electrons. The Morgan fingerprint density at radius 1 is 1.08 bits per heavy atom. The summed E-state index contributed by atoms with van der Waals surface area (Å²) in [6.45, 7) is 0. The van der Waals surface area contributed by atoms with Crippen molar-refractivity contribution < 1.29 is 14.6 Å². The van der Waals surface area contributed by atoms with Crippen LogP contribution in [0.3, 0.4) is 0 Å². The Kier molecular flexibility index (Phi) is 5.37. The van der Waals surface area contributed by atoms with Crippen molar-refractivity contribution in [2.45, 2.75) is 4.90 Å². The average molecular weight is 368 g/mol. The molecule has 0 aliphatic carbocycles. The topological polar surface area (TPSA) is 115 Å². The molecular weight excluding hydrogens is 358 g/mol. The highest BCUT2D eigenvalue weighted by atomic mass is 35.5. The van der Waals surface area contributed by atoms with Gasteiger partial charge in [0.25, 0.3) is 17.3 Å². The van der Waals surface area contributed by atoms with Crippen LogP contribution in [0.15, 0.2) is 41.3 Å². The van der Waals surface area contributed by atoms with Gasteiger partial charge in [-0.05, 0) is 30.5 Å². The minimum atomic E-state index is -0.741. The Morgan fingerprint density at radius 3 is 2.33 bits per heavy atom. The maximum Gasteiger partial charge on any atom is 0.289 e. The number of nitrogens with zero attached hydrogens (tertiary/aromatic N) is 2. The third-order valence-electron chi connectivity index (χ3n) is 3.05. The number of rotatable bonds is 5. The zero-order valence-corrected chi connectivity index (χ0v) is 13.8. The van der Waals surface area contributed by atoms with E-state index in [4.69, 9.17) is 11.6 Å². The molecule has 2 aromatic rings. The van der Waals surface area contributed by atoms with E-state index in [2.05, 4.69) is 5.32 Å². The highest BCUT2D eigenvalue weighted by molar-refractivity contribution is 7.98. The van der Waals surface area contributed by atoms with Crippen LogP contribution in [0, 0.1) is 20.2 Å². The van der Waals surface area contributed by atoms with Gasteiger partial charge in [-0.3, -0.25) is 25.0 Å². The van der Waals surface area contributed by atoms with Crippen molar-refractivity contribution in [2.24, 2.45) is 0 Å². The molecule has 8 nitrogen and oxygen atoms in total. The van der Waals surface area contributed by atoms with Crippen LogP contribution < -0.4 is 5.32 Å². The maximum atomic E-state index is 12.3. The smallest absolute Gasteiger partial charge is 0.289 e. The quantitative estimate of drug-likeness (QED) is 0.482. The molecule has 10 heteroatoms. The molecule has 0 aliphatic rings. The molecule has 2 aromatic carbocycles. The van der Waals surface area contributed by atoms with E-state index < -0.39 is 15.8 Å². The van der Waals surface area contributed by atoms with E-state index in [1.165, 1.54) is 42.1 Å². The van der Waals surface area contributed by atoms with Gasteiger partial charge in [0.15, 0.2) is 0 Å². The molecule has 0 saturated heterocycles. The first-order chi connectivity index (χ1) is 11.3. The van der Waals surface area contributed by atoms with Crippen molar-refractivity contribution in [3.63, 3.8) is 0 Å². The van der Waals surface area contributed by atoms with Crippen molar-refractivity contribution in [3.8, 4) is 0 Å². The lowest BCUT2D eigenvalue weighted by Gasteiger charge is -2.07. The van der Waals surface area contributed by atoms with Crippen LogP contribution in [-0.2, 0) is 0 Å². The molecule has 0 unspecified atom stereocenters. The number of amides is 1. The third-order valence-corrected chi connectivity index (χ3v) is 4.09. The van der Waals surface area contributed by atoms with E-state index >= 15 is 0 Å². The standard InChI is InChI=1S/C14H10ClN3O5S/c1-24-9-3-5-12(17(20)21)10(7-9)14(19)16-8-2-4-11(15)13(6-8)18(22)23/h2-7H,1H3,(H,16,19). The molecule has 0 heterocycles. The minimum Gasteiger partial charge on any atom is -0.322 e. The van der Waals surface area contributed by atoms with E-state index in [0.717, 1.165) is 6.07 Å². The van der Waals surface area contributed by atoms with E-state index in [-0.39, 0.29) is 27.6 Å². The number of anilines is 1. The second-order valence-electron chi connectivity index (χ2n) is 4.52. The molecule has 0 bridgehead atoms. The number of carbonyl (C=O) groups is 1. The lowest BCUT2D eigenvalue weighted by molar-refractivity contribution is -0.385. The highest BCUT2D eigenvalue weighted by Gasteiger charge is 2.22. The van der Waals surface area contributed by atoms with Crippen molar-refractivity contribution in [3.05, 3.63) is 67.2 Å². The van der Waals surface area contributed by atoms with Crippen LogP contribution in [0.2, 0.25) is 5.02 Å². The summed E-state index contributed by atoms with van der Waals surface area (Å²) in [6.07, 6.45) is 1.77. The van der Waals surface area contributed by atoms with Crippen molar-refractivity contribution in [1.29, 1.82) is 0 Å². The first kappa shape index (κ1) is 17.7. The predicted octanol–water partition coefficient (Wildman–Crippen LogP) is 4.13. The van der Waals surface area contributed by atoms with Gasteiger partial charge in [-0.2, -0.15) is 0 Å². The second-order valence-corrected chi connectivity index (χ2v) is 5.80. The summed E-state index contributed by atoms with van der Waals surface area (Å²) in [4.78, 5) is 33.6. The average Bonchev–Trinajstić information content (AvgIpc) is 2.55. The van der Waals surface area contributed by atoms with E-state index in [9.17, 15) is 25.0 Å². The molecule has 2 rings (SSSR count). The number of nitrogens with one attached hydrogen (secondary N) is 1.